The van der Waals surface area contributed by atoms with Crippen molar-refractivity contribution in [1.29, 1.82) is 5.41 Å². The highest BCUT2D eigenvalue weighted by Crippen LogP contribution is 2.32. The molecule has 0 fully saturated rings. The molecule has 0 bridgehead atoms. The molecular weight excluding hydrogens is 396 g/mol. The second-order valence-corrected chi connectivity index (χ2v) is 6.75. The number of imidazole rings is 1. The van der Waals surface area contributed by atoms with Crippen molar-refractivity contribution in [2.75, 3.05) is 0 Å². The van der Waals surface area contributed by atoms with E-state index < -0.39 is 5.82 Å². The van der Waals surface area contributed by atoms with Crippen molar-refractivity contribution in [2.45, 2.75) is 0 Å². The van der Waals surface area contributed by atoms with Gasteiger partial charge in [-0.3, -0.25) is 4.98 Å². The predicted octanol–water partition coefficient (Wildman–Crippen LogP) is 5.34. The summed E-state index contributed by atoms with van der Waals surface area (Å²) in [4.78, 5) is 16.4. The summed E-state index contributed by atoms with van der Waals surface area (Å²) in [7, 11) is 2.48. The van der Waals surface area contributed by atoms with Crippen LogP contribution in [-0.2, 0) is 0 Å². The van der Waals surface area contributed by atoms with Crippen molar-refractivity contribution in [3.63, 3.8) is 0 Å². The van der Waals surface area contributed by atoms with E-state index in [1.807, 2.05) is 12.1 Å². The maximum absolute atomic E-state index is 14.3. The Morgan fingerprint density at radius 3 is 2.79 bits per heavy atom. The molecule has 0 amide bonds. The van der Waals surface area contributed by atoms with Crippen molar-refractivity contribution < 1.29 is 4.39 Å². The van der Waals surface area contributed by atoms with Crippen LogP contribution < -0.4 is 0 Å². The van der Waals surface area contributed by atoms with Gasteiger partial charge in [0.15, 0.2) is 0 Å². The second-order valence-electron chi connectivity index (χ2n) is 5.98. The van der Waals surface area contributed by atoms with Crippen LogP contribution in [0.15, 0.2) is 54.7 Å². The quantitative estimate of drug-likeness (QED) is 0.352. The number of halogens is 2. The lowest BCUT2D eigenvalue weighted by atomic mass is 10.1. The van der Waals surface area contributed by atoms with Gasteiger partial charge in [-0.15, -0.1) is 9.24 Å². The van der Waals surface area contributed by atoms with Gasteiger partial charge in [-0.25, -0.2) is 14.4 Å². The molecule has 4 rings (SSSR count). The Bertz CT molecular complexity index is 1230. The number of benzene rings is 1. The van der Waals surface area contributed by atoms with Crippen molar-refractivity contribution in [3.05, 3.63) is 71.1 Å². The third kappa shape index (κ3) is 3.33. The van der Waals surface area contributed by atoms with Gasteiger partial charge >= 0.3 is 0 Å². The van der Waals surface area contributed by atoms with Crippen LogP contribution in [0.25, 0.3) is 39.3 Å². The first-order valence-electron chi connectivity index (χ1n) is 8.29. The molecule has 2 N–H and O–H groups in total. The van der Waals surface area contributed by atoms with E-state index in [4.69, 9.17) is 17.0 Å². The first kappa shape index (κ1) is 18.4. The number of hydrogen-bond acceptors (Lipinski definition) is 4. The van der Waals surface area contributed by atoms with Gasteiger partial charge in [0.2, 0.25) is 0 Å². The van der Waals surface area contributed by atoms with Crippen LogP contribution in [0.2, 0.25) is 5.02 Å². The summed E-state index contributed by atoms with van der Waals surface area (Å²) in [6.07, 6.45) is 4.46. The van der Waals surface area contributed by atoms with Crippen LogP contribution in [0.5, 0.6) is 0 Å². The summed E-state index contributed by atoms with van der Waals surface area (Å²) >= 11 is 6.03. The summed E-state index contributed by atoms with van der Waals surface area (Å²) in [5.74, 6) is 1.35. The normalized spacial score (nSPS) is 11.8. The highest BCUT2D eigenvalue weighted by atomic mass is 35.5. The van der Waals surface area contributed by atoms with Gasteiger partial charge < -0.3 is 10.4 Å². The third-order valence-corrected chi connectivity index (χ3v) is 4.88. The number of nitrogens with one attached hydrogen (secondary N) is 2. The van der Waals surface area contributed by atoms with E-state index in [0.29, 0.717) is 33.2 Å². The number of hydrogen-bond donors (Lipinski definition) is 2. The van der Waals surface area contributed by atoms with Crippen molar-refractivity contribution >= 4 is 43.7 Å². The van der Waals surface area contributed by atoms with E-state index in [0.717, 1.165) is 16.7 Å². The molecule has 8 heteroatoms. The van der Waals surface area contributed by atoms with Crippen LogP contribution in [0.3, 0.4) is 0 Å². The number of allylic oxidation sites excluding steroid dienone is 1. The summed E-state index contributed by atoms with van der Waals surface area (Å²) in [6, 6.07) is 9.86. The molecule has 0 radical (unpaired) electrons. The summed E-state index contributed by atoms with van der Waals surface area (Å²) in [5.41, 5.74) is 4.80. The van der Waals surface area contributed by atoms with E-state index in [1.165, 1.54) is 30.7 Å². The molecule has 1 aromatic carbocycles. The van der Waals surface area contributed by atoms with Gasteiger partial charge in [0.05, 0.1) is 28.7 Å². The van der Waals surface area contributed by atoms with Gasteiger partial charge in [-0.1, -0.05) is 17.4 Å². The Labute approximate surface area is 167 Å². The highest BCUT2D eigenvalue weighted by molar-refractivity contribution is 7.21. The highest BCUT2D eigenvalue weighted by Gasteiger charge is 2.16. The van der Waals surface area contributed by atoms with E-state index in [-0.39, 0.29) is 0 Å². The molecule has 0 saturated carbocycles. The molecule has 1 atom stereocenters. The maximum Gasteiger partial charge on any atom is 0.132 e. The van der Waals surface area contributed by atoms with Crippen molar-refractivity contribution in [3.8, 4) is 22.6 Å². The molecule has 0 spiro atoms. The van der Waals surface area contributed by atoms with Gasteiger partial charge in [-0.2, -0.15) is 0 Å². The summed E-state index contributed by atoms with van der Waals surface area (Å²) in [5, 5.41) is 7.93. The number of aromatic nitrogens is 4. The maximum atomic E-state index is 14.3. The van der Waals surface area contributed by atoms with Crippen LogP contribution in [0.1, 0.15) is 5.56 Å². The topological polar surface area (TPSA) is 78.3 Å². The zero-order valence-corrected chi connectivity index (χ0v) is 16.4. The Morgan fingerprint density at radius 1 is 1.14 bits per heavy atom. The van der Waals surface area contributed by atoms with Gasteiger partial charge in [0.25, 0.3) is 0 Å². The van der Waals surface area contributed by atoms with Crippen LogP contribution in [0.4, 0.5) is 4.39 Å². The lowest BCUT2D eigenvalue weighted by molar-refractivity contribution is 0.631. The van der Waals surface area contributed by atoms with Gasteiger partial charge in [0.1, 0.15) is 11.5 Å². The molecule has 0 saturated heterocycles. The van der Waals surface area contributed by atoms with Crippen molar-refractivity contribution in [2.24, 2.45) is 0 Å². The molecule has 1 unspecified atom stereocenters. The average molecular weight is 410 g/mol. The Kier molecular flexibility index (Phi) is 4.99. The van der Waals surface area contributed by atoms with Crippen molar-refractivity contribution in [1.82, 2.24) is 19.9 Å². The van der Waals surface area contributed by atoms with E-state index in [1.54, 1.807) is 18.1 Å². The zero-order valence-electron chi connectivity index (χ0n) is 14.4. The lowest BCUT2D eigenvalue weighted by Crippen LogP contribution is -1.93. The molecule has 4 aromatic rings. The lowest BCUT2D eigenvalue weighted by Gasteiger charge is -2.07. The molecule has 5 nitrogen and oxygen atoms in total. The van der Waals surface area contributed by atoms with Crippen LogP contribution in [-0.4, -0.2) is 26.2 Å². The minimum absolute atomic E-state index is 0.301. The van der Waals surface area contributed by atoms with E-state index in [2.05, 4.69) is 29.2 Å². The minimum atomic E-state index is -0.413. The largest absolute Gasteiger partial charge is 0.343 e. The minimum Gasteiger partial charge on any atom is -0.343 e. The number of rotatable bonds is 4. The molecular formula is C20H14ClFN5P. The average Bonchev–Trinajstić information content (AvgIpc) is 3.20. The molecule has 0 aliphatic carbocycles. The number of H-pyrrole nitrogens is 1. The van der Waals surface area contributed by atoms with Gasteiger partial charge in [0, 0.05) is 34.1 Å². The number of nitrogens with zero attached hydrogens (tertiary/aromatic N) is 3. The number of aromatic amines is 1. The fourth-order valence-corrected chi connectivity index (χ4v) is 3.36. The first-order valence-corrected chi connectivity index (χ1v) is 9.34. The molecule has 0 aliphatic heterocycles. The molecule has 3 aromatic heterocycles. The SMILES string of the molecule is N=C/C(=C\P)c1cnc2ccc(-c3[nH]cnc3-c3cc(Cl)ccc3F)nc2c1. The fraction of sp³-hybridized carbons (Fsp3) is 0. The third-order valence-electron chi connectivity index (χ3n) is 4.28. The number of pyridine rings is 2. The summed E-state index contributed by atoms with van der Waals surface area (Å²) < 4.78 is 14.3. The second kappa shape index (κ2) is 7.58. The molecule has 3 heterocycles. The molecule has 0 aliphatic rings. The fourth-order valence-electron chi connectivity index (χ4n) is 2.90. The van der Waals surface area contributed by atoms with Crippen LogP contribution >= 0.6 is 20.8 Å². The molecule has 138 valence electrons. The predicted molar refractivity (Wildman–Crippen MR) is 114 cm³/mol. The Hall–Kier alpha value is -2.95. The zero-order chi connectivity index (χ0) is 19.7. The first-order chi connectivity index (χ1) is 13.6. The number of fused-ring (bicyclic) bond motifs is 1. The van der Waals surface area contributed by atoms with Crippen LogP contribution in [0, 0.1) is 11.2 Å². The molecule has 28 heavy (non-hydrogen) atoms. The monoisotopic (exact) mass is 409 g/mol. The Morgan fingerprint density at radius 2 is 2.00 bits per heavy atom. The van der Waals surface area contributed by atoms with E-state index >= 15 is 0 Å². The van der Waals surface area contributed by atoms with Gasteiger partial charge in [-0.05, 0) is 36.4 Å². The smallest absolute Gasteiger partial charge is 0.132 e. The standard InChI is InChI=1S/C20H14ClFN5P/c21-13-1-2-15(22)14(6-13)19-20(26-10-25-19)17-4-3-16-18(27-17)5-11(8-24-16)12(7-23)9-28/h1-10,23H,28H2,(H,25,26)/b12-9+,23-7?. The summed E-state index contributed by atoms with van der Waals surface area (Å²) in [6.45, 7) is 0. The Balaban J connectivity index is 1.86. The van der Waals surface area contributed by atoms with E-state index in [9.17, 15) is 4.39 Å².